The van der Waals surface area contributed by atoms with Gasteiger partial charge in [0.05, 0.1) is 12.7 Å². The zero-order valence-corrected chi connectivity index (χ0v) is 15.2. The summed E-state index contributed by atoms with van der Waals surface area (Å²) in [6.07, 6.45) is 0.992. The van der Waals surface area contributed by atoms with Gasteiger partial charge in [-0.25, -0.2) is 4.79 Å². The molecule has 0 saturated carbocycles. The Hall–Kier alpha value is -2.04. The highest BCUT2D eigenvalue weighted by Gasteiger charge is 2.31. The maximum absolute atomic E-state index is 12.8. The lowest BCUT2D eigenvalue weighted by molar-refractivity contribution is 0.0182. The van der Waals surface area contributed by atoms with Crippen molar-refractivity contribution in [3.05, 3.63) is 29.3 Å². The highest BCUT2D eigenvalue weighted by molar-refractivity contribution is 6.00. The number of methoxy groups -OCH3 is 1. The van der Waals surface area contributed by atoms with Gasteiger partial charge in [0.15, 0.2) is 5.78 Å². The molecule has 1 aromatic rings. The molecule has 5 nitrogen and oxygen atoms in total. The standard InChI is InChI=1S/C19H27NO4/c1-13-6-7-16(23-5)15(12-13)17(21)14-8-10-20(11-9-14)18(22)24-19(2,3)4/h6-7,12,14H,8-11H2,1-5H3. The van der Waals surface area contributed by atoms with Crippen molar-refractivity contribution in [2.45, 2.75) is 46.1 Å². The van der Waals surface area contributed by atoms with Crippen LogP contribution in [0.4, 0.5) is 4.79 Å². The monoisotopic (exact) mass is 333 g/mol. The minimum atomic E-state index is -0.501. The number of benzene rings is 1. The molecule has 0 aliphatic carbocycles. The number of hydrogen-bond donors (Lipinski definition) is 0. The molecule has 0 bridgehead atoms. The lowest BCUT2D eigenvalue weighted by atomic mass is 9.88. The SMILES string of the molecule is COc1ccc(C)cc1C(=O)C1CCN(C(=O)OC(C)(C)C)CC1. The molecule has 5 heteroatoms. The van der Waals surface area contributed by atoms with Crippen LogP contribution in [0.25, 0.3) is 0 Å². The summed E-state index contributed by atoms with van der Waals surface area (Å²) >= 11 is 0. The van der Waals surface area contributed by atoms with E-state index < -0.39 is 5.60 Å². The van der Waals surface area contributed by atoms with Gasteiger partial charge in [0, 0.05) is 19.0 Å². The van der Waals surface area contributed by atoms with Crippen molar-refractivity contribution in [2.24, 2.45) is 5.92 Å². The molecule has 132 valence electrons. The summed E-state index contributed by atoms with van der Waals surface area (Å²) < 4.78 is 10.7. The first-order valence-electron chi connectivity index (χ1n) is 8.38. The van der Waals surface area contributed by atoms with E-state index in [9.17, 15) is 9.59 Å². The van der Waals surface area contributed by atoms with Gasteiger partial charge in [0.1, 0.15) is 11.4 Å². The third-order valence-corrected chi connectivity index (χ3v) is 4.14. The van der Waals surface area contributed by atoms with E-state index in [1.165, 1.54) is 0 Å². The number of nitrogens with zero attached hydrogens (tertiary/aromatic N) is 1. The molecule has 1 amide bonds. The molecule has 0 spiro atoms. The quantitative estimate of drug-likeness (QED) is 0.789. The van der Waals surface area contributed by atoms with Crippen molar-refractivity contribution in [3.63, 3.8) is 0 Å². The minimum absolute atomic E-state index is 0.0839. The minimum Gasteiger partial charge on any atom is -0.496 e. The van der Waals surface area contributed by atoms with Crippen molar-refractivity contribution in [2.75, 3.05) is 20.2 Å². The van der Waals surface area contributed by atoms with Crippen LogP contribution in [0, 0.1) is 12.8 Å². The third kappa shape index (κ3) is 4.49. The number of amides is 1. The number of piperidine rings is 1. The first kappa shape index (κ1) is 18.3. The molecule has 0 N–H and O–H groups in total. The van der Waals surface area contributed by atoms with Gasteiger partial charge in [0.2, 0.25) is 0 Å². The molecule has 1 saturated heterocycles. The predicted molar refractivity (Wildman–Crippen MR) is 92.6 cm³/mol. The fourth-order valence-corrected chi connectivity index (χ4v) is 2.89. The third-order valence-electron chi connectivity index (χ3n) is 4.14. The average Bonchev–Trinajstić information content (AvgIpc) is 2.52. The summed E-state index contributed by atoms with van der Waals surface area (Å²) in [5.41, 5.74) is 1.16. The van der Waals surface area contributed by atoms with E-state index in [1.54, 1.807) is 12.0 Å². The van der Waals surface area contributed by atoms with E-state index in [1.807, 2.05) is 45.9 Å². The number of rotatable bonds is 3. The topological polar surface area (TPSA) is 55.8 Å². The summed E-state index contributed by atoms with van der Waals surface area (Å²) in [6.45, 7) is 8.60. The fourth-order valence-electron chi connectivity index (χ4n) is 2.89. The van der Waals surface area contributed by atoms with Crippen molar-refractivity contribution in [1.82, 2.24) is 4.90 Å². The van der Waals surface area contributed by atoms with E-state index in [2.05, 4.69) is 0 Å². The van der Waals surface area contributed by atoms with Gasteiger partial charge in [-0.2, -0.15) is 0 Å². The molecule has 0 atom stereocenters. The number of ether oxygens (including phenoxy) is 2. The van der Waals surface area contributed by atoms with Gasteiger partial charge in [0.25, 0.3) is 0 Å². The Morgan fingerprint density at radius 3 is 2.33 bits per heavy atom. The van der Waals surface area contributed by atoms with Gasteiger partial charge in [-0.05, 0) is 52.7 Å². The van der Waals surface area contributed by atoms with Crippen molar-refractivity contribution in [1.29, 1.82) is 0 Å². The first-order chi connectivity index (χ1) is 11.2. The van der Waals surface area contributed by atoms with Gasteiger partial charge < -0.3 is 14.4 Å². The van der Waals surface area contributed by atoms with Crippen molar-refractivity contribution >= 4 is 11.9 Å². The fraction of sp³-hybridized carbons (Fsp3) is 0.579. The highest BCUT2D eigenvalue weighted by Crippen LogP contribution is 2.28. The molecule has 1 heterocycles. The van der Waals surface area contributed by atoms with Gasteiger partial charge in [-0.15, -0.1) is 0 Å². The van der Waals surface area contributed by atoms with E-state index in [-0.39, 0.29) is 17.8 Å². The van der Waals surface area contributed by atoms with Crippen LogP contribution in [-0.4, -0.2) is 42.6 Å². The Balaban J connectivity index is 2.01. The van der Waals surface area contributed by atoms with Crippen LogP contribution in [0.15, 0.2) is 18.2 Å². The maximum Gasteiger partial charge on any atom is 0.410 e. The van der Waals surface area contributed by atoms with Gasteiger partial charge in [-0.1, -0.05) is 11.6 Å². The van der Waals surface area contributed by atoms with E-state index >= 15 is 0 Å². The maximum atomic E-state index is 12.8. The smallest absolute Gasteiger partial charge is 0.410 e. The summed E-state index contributed by atoms with van der Waals surface area (Å²) in [4.78, 5) is 26.6. The van der Waals surface area contributed by atoms with Crippen molar-refractivity contribution < 1.29 is 19.1 Å². The Labute approximate surface area is 143 Å². The molecule has 0 unspecified atom stereocenters. The molecule has 0 aromatic heterocycles. The first-order valence-corrected chi connectivity index (χ1v) is 8.38. The molecule has 1 aliphatic rings. The number of ketones is 1. The molecule has 1 fully saturated rings. The highest BCUT2D eigenvalue weighted by atomic mass is 16.6. The van der Waals surface area contributed by atoms with Gasteiger partial charge in [-0.3, -0.25) is 4.79 Å². The van der Waals surface area contributed by atoms with E-state index in [4.69, 9.17) is 9.47 Å². The molecule has 0 radical (unpaired) electrons. The largest absolute Gasteiger partial charge is 0.496 e. The van der Waals surface area contributed by atoms with Crippen LogP contribution in [0.1, 0.15) is 49.5 Å². The lowest BCUT2D eigenvalue weighted by Gasteiger charge is -2.33. The van der Waals surface area contributed by atoms with Crippen LogP contribution < -0.4 is 4.74 Å². The molecule has 2 rings (SSSR count). The van der Waals surface area contributed by atoms with Crippen LogP contribution in [0.5, 0.6) is 5.75 Å². The van der Waals surface area contributed by atoms with Crippen LogP contribution in [-0.2, 0) is 4.74 Å². The zero-order valence-electron chi connectivity index (χ0n) is 15.2. The number of Topliss-reactive ketones (excluding diaryl/α,β-unsaturated/α-hetero) is 1. The van der Waals surface area contributed by atoms with Gasteiger partial charge >= 0.3 is 6.09 Å². The number of likely N-dealkylation sites (tertiary alicyclic amines) is 1. The molecular formula is C19H27NO4. The Bertz CT molecular complexity index is 610. The summed E-state index contributed by atoms with van der Waals surface area (Å²) in [7, 11) is 1.58. The van der Waals surface area contributed by atoms with E-state index in [0.717, 1.165) is 5.56 Å². The molecular weight excluding hydrogens is 306 g/mol. The Kier molecular flexibility index (Phi) is 5.52. The van der Waals surface area contributed by atoms with Crippen LogP contribution in [0.3, 0.4) is 0 Å². The average molecular weight is 333 g/mol. The lowest BCUT2D eigenvalue weighted by Crippen LogP contribution is -2.43. The number of carbonyl (C=O) groups is 2. The van der Waals surface area contributed by atoms with Crippen molar-refractivity contribution in [3.8, 4) is 5.75 Å². The number of carbonyl (C=O) groups excluding carboxylic acids is 2. The summed E-state index contributed by atoms with van der Waals surface area (Å²) in [6, 6.07) is 5.64. The predicted octanol–water partition coefficient (Wildman–Crippen LogP) is 3.83. The van der Waals surface area contributed by atoms with Crippen LogP contribution >= 0.6 is 0 Å². The second kappa shape index (κ2) is 7.24. The molecule has 24 heavy (non-hydrogen) atoms. The second-order valence-electron chi connectivity index (χ2n) is 7.31. The summed E-state index contributed by atoms with van der Waals surface area (Å²) in [5, 5.41) is 0. The number of aryl methyl sites for hydroxylation is 1. The van der Waals surface area contributed by atoms with E-state index in [0.29, 0.717) is 37.2 Å². The second-order valence-corrected chi connectivity index (χ2v) is 7.31. The molecule has 1 aromatic carbocycles. The summed E-state index contributed by atoms with van der Waals surface area (Å²) in [5.74, 6) is 0.624. The Morgan fingerprint density at radius 1 is 1.17 bits per heavy atom. The van der Waals surface area contributed by atoms with Crippen LogP contribution in [0.2, 0.25) is 0 Å². The number of hydrogen-bond acceptors (Lipinski definition) is 4. The molecule has 1 aliphatic heterocycles. The zero-order chi connectivity index (χ0) is 17.9. The normalized spacial score (nSPS) is 16.0. The Morgan fingerprint density at radius 2 is 1.79 bits per heavy atom.